The van der Waals surface area contributed by atoms with Crippen LogP contribution >= 0.6 is 0 Å². The van der Waals surface area contributed by atoms with Crippen molar-refractivity contribution in [3.63, 3.8) is 0 Å². The monoisotopic (exact) mass is 309 g/mol. The molecule has 0 aromatic heterocycles. The zero-order valence-corrected chi connectivity index (χ0v) is 13.3. The molecule has 0 saturated heterocycles. The Morgan fingerprint density at radius 3 is 2.06 bits per heavy atom. The van der Waals surface area contributed by atoms with Gasteiger partial charge in [0.05, 0.1) is 0 Å². The molecule has 0 aliphatic carbocycles. The normalized spacial score (nSPS) is 10.4. The van der Waals surface area contributed by atoms with Crippen molar-refractivity contribution in [2.24, 2.45) is 0 Å². The van der Waals surface area contributed by atoms with Gasteiger partial charge in [-0.25, -0.2) is 0 Å². The van der Waals surface area contributed by atoms with E-state index in [1.54, 1.807) is 0 Å². The zero-order chi connectivity index (χ0) is 12.3. The Kier molecular flexibility index (Phi) is 8.70. The van der Waals surface area contributed by atoms with Gasteiger partial charge in [-0.2, -0.15) is 0 Å². The van der Waals surface area contributed by atoms with E-state index in [1.165, 1.54) is 56.9 Å². The number of hydrogen-bond donors (Lipinski definition) is 0. The van der Waals surface area contributed by atoms with Crippen molar-refractivity contribution in [1.29, 1.82) is 0 Å². The first kappa shape index (κ1) is 15.0. The Hall–Kier alpha value is -0.0969. The van der Waals surface area contributed by atoms with Gasteiger partial charge in [0.25, 0.3) is 0 Å². The third kappa shape index (κ3) is 7.04. The van der Waals surface area contributed by atoms with E-state index >= 15 is 0 Å². The van der Waals surface area contributed by atoms with Crippen LogP contribution in [-0.4, -0.2) is 0 Å². The predicted octanol–water partition coefficient (Wildman–Crippen LogP) is 4.82. The van der Waals surface area contributed by atoms with E-state index < -0.39 is 0 Å². The number of unbranched alkanes of at least 4 members (excludes halogenated alkanes) is 6. The quantitative estimate of drug-likeness (QED) is 0.594. The molecule has 0 N–H and O–H groups in total. The third-order valence-electron chi connectivity index (χ3n) is 3.11. The molecular formula is C15H23OZr. The number of benzene rings is 1. The van der Waals surface area contributed by atoms with E-state index in [-0.39, 0.29) is 0 Å². The van der Waals surface area contributed by atoms with Gasteiger partial charge in [-0.1, -0.05) is 13.3 Å². The van der Waals surface area contributed by atoms with Crippen molar-refractivity contribution in [2.45, 2.75) is 58.3 Å². The number of rotatable bonds is 9. The van der Waals surface area contributed by atoms with Gasteiger partial charge in [-0.05, 0) is 0 Å². The standard InChI is InChI=1S/C15H24O.Zr/c1-2-3-4-5-6-7-8-9-14-10-12-15(16)13-11-14;/h10-13,16H,2-9H2,1H3;/q;+1/p-1. The fraction of sp³-hybridized carbons (Fsp3) is 0.600. The summed E-state index contributed by atoms with van der Waals surface area (Å²) in [6.45, 7) is 2.27. The van der Waals surface area contributed by atoms with E-state index in [1.807, 2.05) is 0 Å². The average Bonchev–Trinajstić information content (AvgIpc) is 2.38. The molecule has 2 heteroatoms. The molecule has 1 nitrogen and oxygen atoms in total. The molecule has 93 valence electrons. The molecule has 0 aliphatic heterocycles. The number of aryl methyl sites for hydroxylation is 1. The zero-order valence-electron chi connectivity index (χ0n) is 10.9. The minimum absolute atomic E-state index is 0.992. The van der Waals surface area contributed by atoms with Crippen LogP contribution in [0.3, 0.4) is 0 Å². The van der Waals surface area contributed by atoms with Gasteiger partial charge in [0, 0.05) is 0 Å². The van der Waals surface area contributed by atoms with Crippen molar-refractivity contribution >= 4 is 0 Å². The van der Waals surface area contributed by atoms with Gasteiger partial charge in [-0.15, -0.1) is 0 Å². The van der Waals surface area contributed by atoms with Gasteiger partial charge in [0.2, 0.25) is 0 Å². The predicted molar refractivity (Wildman–Crippen MR) is 68.8 cm³/mol. The molecule has 0 radical (unpaired) electrons. The van der Waals surface area contributed by atoms with Gasteiger partial charge in [0.1, 0.15) is 0 Å². The van der Waals surface area contributed by atoms with Crippen LogP contribution in [0.2, 0.25) is 0 Å². The molecule has 0 fully saturated rings. The van der Waals surface area contributed by atoms with Crippen LogP contribution in [0.1, 0.15) is 57.4 Å². The fourth-order valence-corrected chi connectivity index (χ4v) is 2.34. The van der Waals surface area contributed by atoms with E-state index in [0.29, 0.717) is 0 Å². The van der Waals surface area contributed by atoms with Crippen LogP contribution in [-0.2, 0) is 31.6 Å². The van der Waals surface area contributed by atoms with Gasteiger partial charge >= 0.3 is 108 Å². The second-order valence-corrected chi connectivity index (χ2v) is 5.12. The Labute approximate surface area is 121 Å². The molecule has 0 saturated carbocycles. The summed E-state index contributed by atoms with van der Waals surface area (Å²) >= 11 is 1.11. The van der Waals surface area contributed by atoms with Gasteiger partial charge in [0.15, 0.2) is 0 Å². The molecular weight excluding hydrogens is 287 g/mol. The van der Waals surface area contributed by atoms with Gasteiger partial charge in [-0.3, -0.25) is 0 Å². The van der Waals surface area contributed by atoms with E-state index in [4.69, 9.17) is 2.81 Å². The number of hydrogen-bond acceptors (Lipinski definition) is 1. The van der Waals surface area contributed by atoms with Crippen LogP contribution < -0.4 is 2.81 Å². The van der Waals surface area contributed by atoms with Gasteiger partial charge < -0.3 is 0 Å². The van der Waals surface area contributed by atoms with Crippen LogP contribution in [0.25, 0.3) is 0 Å². The first-order valence-corrected chi connectivity index (χ1v) is 7.79. The topological polar surface area (TPSA) is 9.23 Å². The Balaban J connectivity index is 2.05. The molecule has 0 spiro atoms. The molecule has 0 heterocycles. The molecule has 0 aliphatic rings. The van der Waals surface area contributed by atoms with Crippen LogP contribution in [0, 0.1) is 0 Å². The molecule has 0 bridgehead atoms. The fourth-order valence-electron chi connectivity index (χ4n) is 2.01. The summed E-state index contributed by atoms with van der Waals surface area (Å²) in [7, 11) is 0. The molecule has 0 atom stereocenters. The second kappa shape index (κ2) is 9.88. The van der Waals surface area contributed by atoms with Crippen LogP contribution in [0.4, 0.5) is 0 Å². The summed E-state index contributed by atoms with van der Waals surface area (Å²) in [5.41, 5.74) is 1.44. The first-order chi connectivity index (χ1) is 8.36. The van der Waals surface area contributed by atoms with Crippen molar-refractivity contribution in [3.05, 3.63) is 29.8 Å². The molecule has 17 heavy (non-hydrogen) atoms. The van der Waals surface area contributed by atoms with Crippen molar-refractivity contribution in [3.8, 4) is 5.75 Å². The van der Waals surface area contributed by atoms with Crippen molar-refractivity contribution in [2.75, 3.05) is 0 Å². The second-order valence-electron chi connectivity index (χ2n) is 4.62. The Morgan fingerprint density at radius 2 is 1.47 bits per heavy atom. The van der Waals surface area contributed by atoms with E-state index in [9.17, 15) is 0 Å². The minimum atomic E-state index is 0.992. The maximum atomic E-state index is 5.24. The third-order valence-corrected chi connectivity index (χ3v) is 3.69. The maximum absolute atomic E-state index is 5.24. The average molecular weight is 311 g/mol. The first-order valence-electron chi connectivity index (χ1n) is 6.79. The molecule has 1 rings (SSSR count). The van der Waals surface area contributed by atoms with E-state index in [2.05, 4.69) is 31.2 Å². The molecule has 0 unspecified atom stereocenters. The Morgan fingerprint density at radius 1 is 0.882 bits per heavy atom. The molecule has 0 amide bonds. The summed E-state index contributed by atoms with van der Waals surface area (Å²) in [5, 5.41) is 0. The SMILES string of the molecule is CCCCCCCCCc1ccc([O][Zr])cc1. The summed E-state index contributed by atoms with van der Waals surface area (Å²) in [6.07, 6.45) is 10.9. The summed E-state index contributed by atoms with van der Waals surface area (Å²) in [6, 6.07) is 8.53. The van der Waals surface area contributed by atoms with Crippen LogP contribution in [0.15, 0.2) is 24.3 Å². The molecule has 1 aromatic carbocycles. The van der Waals surface area contributed by atoms with Crippen LogP contribution in [0.5, 0.6) is 5.75 Å². The van der Waals surface area contributed by atoms with Crippen molar-refractivity contribution in [1.82, 2.24) is 0 Å². The summed E-state index contributed by atoms with van der Waals surface area (Å²) in [5.74, 6) is 0.992. The summed E-state index contributed by atoms with van der Waals surface area (Å²) < 4.78 is 5.24. The van der Waals surface area contributed by atoms with E-state index in [0.717, 1.165) is 30.9 Å². The Bertz CT molecular complexity index is 281. The summed E-state index contributed by atoms with van der Waals surface area (Å²) in [4.78, 5) is 0. The molecule has 1 aromatic rings. The van der Waals surface area contributed by atoms with Crippen molar-refractivity contribution < 1.29 is 28.0 Å².